The Labute approximate surface area is 148 Å². The highest BCUT2D eigenvalue weighted by atomic mass is 32.2. The minimum Gasteiger partial charge on any atom is -0.465 e. The fourth-order valence-electron chi connectivity index (χ4n) is 2.50. The Kier molecular flexibility index (Phi) is 5.68. The van der Waals surface area contributed by atoms with Crippen LogP contribution in [-0.2, 0) is 11.3 Å². The topological polar surface area (TPSA) is 110 Å². The van der Waals surface area contributed by atoms with E-state index in [2.05, 4.69) is 21.8 Å². The molecule has 2 N–H and O–H groups in total. The molecule has 0 bridgehead atoms. The maximum absolute atomic E-state index is 12.8. The number of H-pyrrole nitrogens is 2. The van der Waals surface area contributed by atoms with E-state index >= 15 is 0 Å². The van der Waals surface area contributed by atoms with Crippen LogP contribution in [0.15, 0.2) is 22.6 Å². The predicted octanol–water partition coefficient (Wildman–Crippen LogP) is 1.85. The molecule has 0 spiro atoms. The first-order valence-electron chi connectivity index (χ1n) is 7.56. The summed E-state index contributed by atoms with van der Waals surface area (Å²) in [7, 11) is 1.30. The number of allylic oxidation sites excluding steroid dienone is 1. The van der Waals surface area contributed by atoms with Gasteiger partial charge < -0.3 is 9.72 Å². The van der Waals surface area contributed by atoms with Crippen LogP contribution < -0.4 is 5.69 Å². The lowest BCUT2D eigenvalue weighted by molar-refractivity contribution is 0.0599. The molecule has 2 rings (SSSR count). The molecule has 0 fully saturated rings. The summed E-state index contributed by atoms with van der Waals surface area (Å²) < 4.78 is 6.15. The Morgan fingerprint density at radius 2 is 2.12 bits per heavy atom. The van der Waals surface area contributed by atoms with Crippen LogP contribution in [0.2, 0.25) is 0 Å². The Hall–Kier alpha value is -2.55. The lowest BCUT2D eigenvalue weighted by Gasteiger charge is -2.10. The fourth-order valence-corrected chi connectivity index (χ4v) is 3.43. The molecule has 0 saturated heterocycles. The largest absolute Gasteiger partial charge is 0.465 e. The second-order valence-corrected chi connectivity index (χ2v) is 6.76. The minimum absolute atomic E-state index is 0.193. The van der Waals surface area contributed by atoms with Gasteiger partial charge in [0.2, 0.25) is 0 Å². The molecule has 0 aromatic carbocycles. The second kappa shape index (κ2) is 7.56. The molecule has 0 aliphatic carbocycles. The molecule has 2 aromatic heterocycles. The summed E-state index contributed by atoms with van der Waals surface area (Å²) in [4.78, 5) is 39.3. The second-order valence-electron chi connectivity index (χ2n) is 5.45. The maximum atomic E-state index is 12.8. The lowest BCUT2D eigenvalue weighted by atomic mass is 10.1. The summed E-state index contributed by atoms with van der Waals surface area (Å²) in [5, 5.41) is 6.19. The zero-order chi connectivity index (χ0) is 18.7. The van der Waals surface area contributed by atoms with E-state index in [1.807, 2.05) is 0 Å². The average Bonchev–Trinajstić information content (AvgIpc) is 3.07. The van der Waals surface area contributed by atoms with Crippen molar-refractivity contribution in [1.82, 2.24) is 19.7 Å². The highest BCUT2D eigenvalue weighted by Gasteiger charge is 2.27. The number of aromatic nitrogens is 4. The van der Waals surface area contributed by atoms with Crippen LogP contribution >= 0.6 is 11.8 Å². The van der Waals surface area contributed by atoms with Crippen LogP contribution in [0.1, 0.15) is 39.0 Å². The Morgan fingerprint density at radius 1 is 1.44 bits per heavy atom. The van der Waals surface area contributed by atoms with Gasteiger partial charge in [-0.05, 0) is 26.3 Å². The van der Waals surface area contributed by atoms with Crippen LogP contribution in [0.25, 0.3) is 0 Å². The number of methoxy groups -OCH3 is 1. The molecule has 9 heteroatoms. The molecule has 1 unspecified atom stereocenters. The standard InChI is InChI=1S/C16H20N4O4S/c1-6-7-20-15(23)18-19-16(20)25-10(4)13(21)12-8(2)11(9(3)17-12)14(22)24-5/h6,10,17H,1,7H2,2-5H3,(H,18,23). The number of aryl methyl sites for hydroxylation is 1. The van der Waals surface area contributed by atoms with Crippen molar-refractivity contribution in [2.24, 2.45) is 0 Å². The first kappa shape index (κ1) is 18.8. The van der Waals surface area contributed by atoms with E-state index in [0.29, 0.717) is 34.2 Å². The van der Waals surface area contributed by atoms with Gasteiger partial charge in [0.1, 0.15) is 0 Å². The molecule has 1 atom stereocenters. The molecule has 0 saturated carbocycles. The van der Waals surface area contributed by atoms with Gasteiger partial charge in [0, 0.05) is 12.2 Å². The van der Waals surface area contributed by atoms with Gasteiger partial charge in [-0.3, -0.25) is 9.36 Å². The molecular weight excluding hydrogens is 344 g/mol. The summed E-state index contributed by atoms with van der Waals surface area (Å²) in [5.41, 5.74) is 1.49. The molecule has 8 nitrogen and oxygen atoms in total. The van der Waals surface area contributed by atoms with E-state index in [1.165, 1.54) is 11.7 Å². The Bertz CT molecular complexity index is 877. The van der Waals surface area contributed by atoms with Gasteiger partial charge in [0.05, 0.1) is 23.6 Å². The van der Waals surface area contributed by atoms with Gasteiger partial charge in [0.15, 0.2) is 10.9 Å². The van der Waals surface area contributed by atoms with Crippen LogP contribution in [-0.4, -0.2) is 43.9 Å². The normalized spacial score (nSPS) is 12.0. The monoisotopic (exact) mass is 364 g/mol. The minimum atomic E-state index is -0.513. The third-order valence-corrected chi connectivity index (χ3v) is 4.85. The third-order valence-electron chi connectivity index (χ3n) is 3.76. The number of aromatic amines is 2. The molecule has 0 aliphatic rings. The van der Waals surface area contributed by atoms with Crippen LogP contribution in [0.5, 0.6) is 0 Å². The maximum Gasteiger partial charge on any atom is 0.344 e. The molecule has 0 amide bonds. The van der Waals surface area contributed by atoms with E-state index < -0.39 is 11.2 Å². The number of hydrogen-bond acceptors (Lipinski definition) is 6. The van der Waals surface area contributed by atoms with Crippen molar-refractivity contribution in [3.8, 4) is 0 Å². The first-order valence-corrected chi connectivity index (χ1v) is 8.44. The highest BCUT2D eigenvalue weighted by Crippen LogP contribution is 2.26. The third kappa shape index (κ3) is 3.60. The Balaban J connectivity index is 2.28. The van der Waals surface area contributed by atoms with Crippen molar-refractivity contribution < 1.29 is 14.3 Å². The number of ether oxygens (including phenoxy) is 1. The number of nitrogens with zero attached hydrogens (tertiary/aromatic N) is 2. The summed E-state index contributed by atoms with van der Waals surface area (Å²) >= 11 is 1.16. The number of hydrogen-bond donors (Lipinski definition) is 2. The number of carbonyl (C=O) groups excluding carboxylic acids is 2. The van der Waals surface area contributed by atoms with E-state index in [0.717, 1.165) is 11.8 Å². The summed E-state index contributed by atoms with van der Waals surface area (Å²) in [5.74, 6) is -0.681. The molecular formula is C16H20N4O4S. The molecule has 2 aromatic rings. The number of thioether (sulfide) groups is 1. The van der Waals surface area contributed by atoms with Crippen molar-refractivity contribution in [3.05, 3.63) is 45.7 Å². The van der Waals surface area contributed by atoms with Gasteiger partial charge in [-0.25, -0.2) is 14.7 Å². The van der Waals surface area contributed by atoms with Gasteiger partial charge in [-0.15, -0.1) is 11.7 Å². The van der Waals surface area contributed by atoms with Gasteiger partial charge >= 0.3 is 11.7 Å². The van der Waals surface area contributed by atoms with Crippen molar-refractivity contribution in [1.29, 1.82) is 0 Å². The smallest absolute Gasteiger partial charge is 0.344 e. The van der Waals surface area contributed by atoms with Crippen LogP contribution in [0.4, 0.5) is 0 Å². The van der Waals surface area contributed by atoms with Gasteiger partial charge in [-0.2, -0.15) is 0 Å². The number of ketones is 1. The summed E-state index contributed by atoms with van der Waals surface area (Å²) in [6, 6.07) is 0. The quantitative estimate of drug-likeness (QED) is 0.336. The molecule has 134 valence electrons. The molecule has 0 aliphatic heterocycles. The number of rotatable bonds is 7. The number of nitrogens with one attached hydrogen (secondary N) is 2. The molecule has 2 heterocycles. The van der Waals surface area contributed by atoms with E-state index in [1.54, 1.807) is 26.8 Å². The van der Waals surface area contributed by atoms with Crippen molar-refractivity contribution in [2.75, 3.05) is 7.11 Å². The number of Topliss-reactive ketones (excluding diaryl/α,β-unsaturated/α-hetero) is 1. The van der Waals surface area contributed by atoms with E-state index in [-0.39, 0.29) is 11.5 Å². The van der Waals surface area contributed by atoms with Gasteiger partial charge in [0.25, 0.3) is 0 Å². The SMILES string of the molecule is C=CCn1c(SC(C)C(=O)c2[nH]c(C)c(C(=O)OC)c2C)n[nH]c1=O. The fraction of sp³-hybridized carbons (Fsp3) is 0.375. The van der Waals surface area contributed by atoms with Gasteiger partial charge in [-0.1, -0.05) is 17.8 Å². The molecule has 0 radical (unpaired) electrons. The van der Waals surface area contributed by atoms with Crippen molar-refractivity contribution in [2.45, 2.75) is 37.7 Å². The lowest BCUT2D eigenvalue weighted by Crippen LogP contribution is -2.19. The van der Waals surface area contributed by atoms with E-state index in [9.17, 15) is 14.4 Å². The summed E-state index contributed by atoms with van der Waals surface area (Å²) in [6.45, 7) is 9.03. The van der Waals surface area contributed by atoms with Crippen LogP contribution in [0, 0.1) is 13.8 Å². The first-order chi connectivity index (χ1) is 11.8. The van der Waals surface area contributed by atoms with Crippen molar-refractivity contribution in [3.63, 3.8) is 0 Å². The molecule has 25 heavy (non-hydrogen) atoms. The Morgan fingerprint density at radius 3 is 2.72 bits per heavy atom. The van der Waals surface area contributed by atoms with E-state index in [4.69, 9.17) is 4.74 Å². The number of carbonyl (C=O) groups is 2. The highest BCUT2D eigenvalue weighted by molar-refractivity contribution is 8.00. The zero-order valence-electron chi connectivity index (χ0n) is 14.5. The van der Waals surface area contributed by atoms with Crippen LogP contribution in [0.3, 0.4) is 0 Å². The summed E-state index contributed by atoms with van der Waals surface area (Å²) in [6.07, 6.45) is 1.58. The zero-order valence-corrected chi connectivity index (χ0v) is 15.3. The number of esters is 1. The van der Waals surface area contributed by atoms with Crippen molar-refractivity contribution >= 4 is 23.5 Å². The predicted molar refractivity (Wildman–Crippen MR) is 94.3 cm³/mol. The average molecular weight is 364 g/mol.